The maximum absolute atomic E-state index is 9.19. The molecule has 2 aromatic rings. The first-order valence-electron chi connectivity index (χ1n) is 11.1. The van der Waals surface area contributed by atoms with E-state index in [1.807, 2.05) is 6.07 Å². The number of ether oxygens (including phenoxy) is 2. The lowest BCUT2D eigenvalue weighted by atomic mass is 9.96. The molecule has 0 radical (unpaired) electrons. The average molecular weight is 597 g/mol. The zero-order valence-electron chi connectivity index (χ0n) is 21.3. The molecule has 10 nitrogen and oxygen atoms in total. The molecule has 14 heteroatoms. The van der Waals surface area contributed by atoms with Crippen LogP contribution in [0.2, 0.25) is 5.02 Å². The summed E-state index contributed by atoms with van der Waals surface area (Å²) in [6, 6.07) is 10.8. The molecule has 1 unspecified atom stereocenters. The van der Waals surface area contributed by atoms with Crippen LogP contribution in [0, 0.1) is 0 Å². The van der Waals surface area contributed by atoms with Crippen LogP contribution in [-0.2, 0) is 26.7 Å². The standard InChI is InChI=1S/C21H25ClN2O2S.2CH4O3S/c1-23-6-8-24(9-7-23)17-10-14-11-18(25-2)19(26-3)13-21(14)27-20-5-4-15(22)12-16(17)20;2*1-5(2,3)4/h4-5,11-13,17H,6-10H2,1-3H3;2*1H3,(H,2,3,4). The van der Waals surface area contributed by atoms with Gasteiger partial charge in [0.25, 0.3) is 20.2 Å². The minimum Gasteiger partial charge on any atom is -0.493 e. The number of halogens is 1. The summed E-state index contributed by atoms with van der Waals surface area (Å²) in [4.78, 5) is 7.49. The monoisotopic (exact) mass is 596 g/mol. The third-order valence-corrected chi connectivity index (χ3v) is 6.94. The summed E-state index contributed by atoms with van der Waals surface area (Å²) in [5.41, 5.74) is 2.63. The molecule has 37 heavy (non-hydrogen) atoms. The van der Waals surface area contributed by atoms with Gasteiger partial charge in [0.2, 0.25) is 0 Å². The second kappa shape index (κ2) is 13.5. The SMILES string of the molecule is COc1cc2c(cc1OC)Sc1ccc(Cl)cc1C(N1CCN(C)CC1)C2.CS(=O)(=O)O.CS(=O)(=O)O. The first-order chi connectivity index (χ1) is 17.1. The molecule has 0 aromatic heterocycles. The first kappa shape index (κ1) is 31.6. The van der Waals surface area contributed by atoms with Crippen molar-refractivity contribution >= 4 is 43.6 Å². The Morgan fingerprint density at radius 3 is 1.92 bits per heavy atom. The Hall–Kier alpha value is -1.58. The van der Waals surface area contributed by atoms with Crippen molar-refractivity contribution in [2.24, 2.45) is 0 Å². The van der Waals surface area contributed by atoms with Crippen LogP contribution in [0.5, 0.6) is 11.5 Å². The van der Waals surface area contributed by atoms with Crippen molar-refractivity contribution in [1.29, 1.82) is 0 Å². The molecule has 1 fully saturated rings. The van der Waals surface area contributed by atoms with Gasteiger partial charge in [-0.3, -0.25) is 14.0 Å². The van der Waals surface area contributed by atoms with Crippen molar-refractivity contribution in [1.82, 2.24) is 9.80 Å². The van der Waals surface area contributed by atoms with Gasteiger partial charge in [0.05, 0.1) is 26.7 Å². The van der Waals surface area contributed by atoms with Gasteiger partial charge in [-0.1, -0.05) is 23.4 Å². The van der Waals surface area contributed by atoms with E-state index in [2.05, 4.69) is 41.1 Å². The van der Waals surface area contributed by atoms with Gasteiger partial charge in [-0.05, 0) is 54.9 Å². The predicted molar refractivity (Wildman–Crippen MR) is 146 cm³/mol. The van der Waals surface area contributed by atoms with Gasteiger partial charge in [-0.25, -0.2) is 0 Å². The summed E-state index contributed by atoms with van der Waals surface area (Å²) in [5.74, 6) is 1.57. The number of rotatable bonds is 3. The number of methoxy groups -OCH3 is 2. The number of fused-ring (bicyclic) bond motifs is 2. The van der Waals surface area contributed by atoms with E-state index in [-0.39, 0.29) is 0 Å². The molecule has 2 aliphatic heterocycles. The normalized spacial score (nSPS) is 18.1. The maximum atomic E-state index is 9.19. The fourth-order valence-corrected chi connectivity index (χ4v) is 5.23. The van der Waals surface area contributed by atoms with Gasteiger partial charge in [0, 0.05) is 47.0 Å². The van der Waals surface area contributed by atoms with Gasteiger partial charge in [0.1, 0.15) is 0 Å². The van der Waals surface area contributed by atoms with Crippen molar-refractivity contribution < 1.29 is 35.4 Å². The third-order valence-electron chi connectivity index (χ3n) is 5.51. The molecular formula is C23H33ClN2O8S3. The molecule has 1 saturated heterocycles. The van der Waals surface area contributed by atoms with Crippen molar-refractivity contribution in [2.45, 2.75) is 22.3 Å². The van der Waals surface area contributed by atoms with Gasteiger partial charge >= 0.3 is 0 Å². The van der Waals surface area contributed by atoms with E-state index in [4.69, 9.17) is 30.2 Å². The molecule has 2 N–H and O–H groups in total. The van der Waals surface area contributed by atoms with E-state index in [1.54, 1.807) is 26.0 Å². The van der Waals surface area contributed by atoms with E-state index in [0.717, 1.165) is 49.1 Å². The minimum atomic E-state index is -3.67. The Balaban J connectivity index is 0.000000412. The molecule has 0 aliphatic carbocycles. The summed E-state index contributed by atoms with van der Waals surface area (Å²) in [6.07, 6.45) is 2.37. The molecule has 2 aromatic carbocycles. The van der Waals surface area contributed by atoms with E-state index >= 15 is 0 Å². The van der Waals surface area contributed by atoms with Crippen LogP contribution in [0.25, 0.3) is 0 Å². The van der Waals surface area contributed by atoms with Gasteiger partial charge in [-0.15, -0.1) is 0 Å². The number of likely N-dealkylation sites (N-methyl/N-ethyl adjacent to an activating group) is 1. The van der Waals surface area contributed by atoms with E-state index < -0.39 is 20.2 Å². The lowest BCUT2D eigenvalue weighted by molar-refractivity contribution is 0.110. The fraction of sp³-hybridized carbons (Fsp3) is 0.478. The number of hydrogen-bond donors (Lipinski definition) is 2. The van der Waals surface area contributed by atoms with Crippen LogP contribution in [0.15, 0.2) is 40.1 Å². The zero-order valence-corrected chi connectivity index (χ0v) is 24.5. The lowest BCUT2D eigenvalue weighted by Gasteiger charge is -2.38. The number of nitrogens with zero attached hydrogens (tertiary/aromatic N) is 2. The minimum absolute atomic E-state index is 0.319. The summed E-state index contributed by atoms with van der Waals surface area (Å²) >= 11 is 8.19. The highest BCUT2D eigenvalue weighted by atomic mass is 35.5. The Kier molecular flexibility index (Phi) is 11.5. The first-order valence-corrected chi connectivity index (χ1v) is 16.0. The molecule has 2 aliphatic rings. The highest BCUT2D eigenvalue weighted by Crippen LogP contribution is 2.46. The van der Waals surface area contributed by atoms with Crippen molar-refractivity contribution in [2.75, 3.05) is 60.0 Å². The van der Waals surface area contributed by atoms with E-state index in [1.165, 1.54) is 20.9 Å². The lowest BCUT2D eigenvalue weighted by Crippen LogP contribution is -2.46. The molecule has 2 heterocycles. The summed E-state index contributed by atoms with van der Waals surface area (Å²) in [7, 11) is -1.76. The molecule has 0 spiro atoms. The molecule has 0 saturated carbocycles. The van der Waals surface area contributed by atoms with Crippen molar-refractivity contribution in [3.05, 3.63) is 46.5 Å². The Morgan fingerprint density at radius 2 is 1.41 bits per heavy atom. The van der Waals surface area contributed by atoms with E-state index in [0.29, 0.717) is 18.6 Å². The van der Waals surface area contributed by atoms with Crippen LogP contribution in [0.4, 0.5) is 0 Å². The van der Waals surface area contributed by atoms with Gasteiger partial charge in [-0.2, -0.15) is 16.8 Å². The summed E-state index contributed by atoms with van der Waals surface area (Å²) in [5, 5.41) is 0.801. The highest BCUT2D eigenvalue weighted by Gasteiger charge is 2.30. The molecule has 208 valence electrons. The molecular weight excluding hydrogens is 564 g/mol. The molecule has 0 bridgehead atoms. The van der Waals surface area contributed by atoms with Gasteiger partial charge in [0.15, 0.2) is 11.5 Å². The van der Waals surface area contributed by atoms with Gasteiger partial charge < -0.3 is 14.4 Å². The van der Waals surface area contributed by atoms with Crippen LogP contribution in [0.3, 0.4) is 0 Å². The third kappa shape index (κ3) is 11.0. The smallest absolute Gasteiger partial charge is 0.261 e. The molecule has 1 atom stereocenters. The Morgan fingerprint density at radius 1 is 0.892 bits per heavy atom. The quantitative estimate of drug-likeness (QED) is 0.505. The van der Waals surface area contributed by atoms with Crippen LogP contribution < -0.4 is 9.47 Å². The van der Waals surface area contributed by atoms with Crippen LogP contribution in [-0.4, -0.2) is 95.7 Å². The fourth-order valence-electron chi connectivity index (χ4n) is 3.93. The number of benzene rings is 2. The second-order valence-corrected chi connectivity index (χ2v) is 13.1. The number of hydrogen-bond acceptors (Lipinski definition) is 9. The summed E-state index contributed by atoms with van der Waals surface area (Å²) < 4.78 is 62.8. The largest absolute Gasteiger partial charge is 0.493 e. The maximum Gasteiger partial charge on any atom is 0.261 e. The molecule has 4 rings (SSSR count). The van der Waals surface area contributed by atoms with E-state index in [9.17, 15) is 16.8 Å². The Labute approximate surface area is 228 Å². The number of piperazine rings is 1. The highest BCUT2D eigenvalue weighted by molar-refractivity contribution is 7.99. The predicted octanol–water partition coefficient (Wildman–Crippen LogP) is 3.36. The molecule has 0 amide bonds. The van der Waals surface area contributed by atoms with Crippen LogP contribution >= 0.6 is 23.4 Å². The average Bonchev–Trinajstić information content (AvgIpc) is 2.92. The van der Waals surface area contributed by atoms with Crippen molar-refractivity contribution in [3.8, 4) is 11.5 Å². The topological polar surface area (TPSA) is 134 Å². The summed E-state index contributed by atoms with van der Waals surface area (Å²) in [6.45, 7) is 4.33. The Bertz CT molecular complexity index is 1240. The zero-order chi connectivity index (χ0) is 28.0. The van der Waals surface area contributed by atoms with Crippen molar-refractivity contribution in [3.63, 3.8) is 0 Å². The second-order valence-electron chi connectivity index (χ2n) is 8.62. The van der Waals surface area contributed by atoms with Crippen LogP contribution in [0.1, 0.15) is 17.2 Å².